The van der Waals surface area contributed by atoms with Crippen molar-refractivity contribution in [2.24, 2.45) is 5.73 Å². The van der Waals surface area contributed by atoms with E-state index < -0.39 is 0 Å². The van der Waals surface area contributed by atoms with Gasteiger partial charge in [-0.05, 0) is 32.9 Å². The van der Waals surface area contributed by atoms with Crippen molar-refractivity contribution in [1.29, 1.82) is 0 Å². The Morgan fingerprint density at radius 1 is 1.06 bits per heavy atom. The van der Waals surface area contributed by atoms with Crippen LogP contribution in [0.15, 0.2) is 0 Å². The molecule has 98 valence electrons. The molecule has 0 rings (SSSR count). The molecule has 2 N–H and O–H groups in total. The van der Waals surface area contributed by atoms with E-state index in [0.717, 1.165) is 25.9 Å². The lowest BCUT2D eigenvalue weighted by molar-refractivity contribution is 0.0805. The molecule has 0 amide bonds. The largest absolute Gasteiger partial charge is 0.326 e. The van der Waals surface area contributed by atoms with Gasteiger partial charge >= 0.3 is 0 Å². The Kier molecular flexibility index (Phi) is 8.04. The van der Waals surface area contributed by atoms with E-state index in [9.17, 15) is 0 Å². The van der Waals surface area contributed by atoms with Crippen molar-refractivity contribution in [3.8, 4) is 0 Å². The Bertz CT molecular complexity index is 166. The lowest BCUT2D eigenvalue weighted by Crippen LogP contribution is -2.57. The van der Waals surface area contributed by atoms with Gasteiger partial charge in [0.25, 0.3) is 0 Å². The molecular weight excluding hydrogens is 196 g/mol. The minimum absolute atomic E-state index is 0.178. The second kappa shape index (κ2) is 8.08. The van der Waals surface area contributed by atoms with E-state index in [1.807, 2.05) is 0 Å². The normalized spacial score (nSPS) is 17.4. The lowest BCUT2D eigenvalue weighted by atomic mass is 9.84. The van der Waals surface area contributed by atoms with E-state index in [0.29, 0.717) is 6.04 Å². The first-order valence-corrected chi connectivity index (χ1v) is 7.07. The maximum atomic E-state index is 6.41. The predicted molar refractivity (Wildman–Crippen MR) is 73.7 cm³/mol. The Morgan fingerprint density at radius 3 is 2.00 bits per heavy atom. The van der Waals surface area contributed by atoms with Crippen LogP contribution in [0.5, 0.6) is 0 Å². The van der Waals surface area contributed by atoms with Gasteiger partial charge in [-0.1, -0.05) is 47.0 Å². The molecule has 0 aromatic rings. The molecule has 2 nitrogen and oxygen atoms in total. The van der Waals surface area contributed by atoms with Crippen molar-refractivity contribution in [2.75, 3.05) is 13.1 Å². The van der Waals surface area contributed by atoms with Crippen LogP contribution in [0.2, 0.25) is 0 Å². The Hall–Kier alpha value is -0.0800. The van der Waals surface area contributed by atoms with Crippen LogP contribution in [-0.2, 0) is 0 Å². The third-order valence-corrected chi connectivity index (χ3v) is 4.12. The number of likely N-dealkylation sites (N-methyl/N-ethyl adjacent to an activating group) is 1. The van der Waals surface area contributed by atoms with Crippen LogP contribution in [0.1, 0.15) is 66.7 Å². The molecule has 16 heavy (non-hydrogen) atoms. The smallest absolute Gasteiger partial charge is 0.0329 e. The summed E-state index contributed by atoms with van der Waals surface area (Å²) in [5, 5.41) is 0. The number of nitrogens with zero attached hydrogens (tertiary/aromatic N) is 1. The summed E-state index contributed by atoms with van der Waals surface area (Å²) in [5.74, 6) is 0. The molecule has 0 radical (unpaired) electrons. The molecule has 0 fully saturated rings. The first kappa shape index (κ1) is 15.9. The van der Waals surface area contributed by atoms with Crippen molar-refractivity contribution < 1.29 is 0 Å². The molecule has 0 saturated carbocycles. The monoisotopic (exact) mass is 228 g/mol. The second-order valence-corrected chi connectivity index (χ2v) is 4.99. The Labute approximate surface area is 103 Å². The number of rotatable bonds is 9. The van der Waals surface area contributed by atoms with E-state index in [1.54, 1.807) is 0 Å². The van der Waals surface area contributed by atoms with Crippen LogP contribution in [0.25, 0.3) is 0 Å². The lowest BCUT2D eigenvalue weighted by Gasteiger charge is -2.44. The van der Waals surface area contributed by atoms with Crippen LogP contribution in [0.3, 0.4) is 0 Å². The zero-order valence-corrected chi connectivity index (χ0v) is 12.1. The zero-order chi connectivity index (χ0) is 12.6. The van der Waals surface area contributed by atoms with Gasteiger partial charge in [0.2, 0.25) is 0 Å². The molecule has 0 heterocycles. The van der Waals surface area contributed by atoms with Gasteiger partial charge in [-0.2, -0.15) is 0 Å². The van der Waals surface area contributed by atoms with Gasteiger partial charge in [-0.25, -0.2) is 0 Å². The fraction of sp³-hybridized carbons (Fsp3) is 1.00. The number of hydrogen-bond acceptors (Lipinski definition) is 2. The molecule has 2 heteroatoms. The summed E-state index contributed by atoms with van der Waals surface area (Å²) in [7, 11) is 0. The standard InChI is InChI=1S/C14H32N2/c1-6-10-11-12-13(15)14(5,7-2)16(8-3)9-4/h13H,6-12,15H2,1-5H3. The van der Waals surface area contributed by atoms with Crippen LogP contribution in [0.4, 0.5) is 0 Å². The van der Waals surface area contributed by atoms with Gasteiger partial charge in [0, 0.05) is 11.6 Å². The first-order valence-electron chi connectivity index (χ1n) is 7.07. The minimum Gasteiger partial charge on any atom is -0.326 e. The highest BCUT2D eigenvalue weighted by Crippen LogP contribution is 2.25. The van der Waals surface area contributed by atoms with Crippen molar-refractivity contribution in [3.05, 3.63) is 0 Å². The molecule has 2 unspecified atom stereocenters. The zero-order valence-electron chi connectivity index (χ0n) is 12.1. The second-order valence-electron chi connectivity index (χ2n) is 4.99. The molecule has 0 bridgehead atoms. The predicted octanol–water partition coefficient (Wildman–Crippen LogP) is 3.40. The van der Waals surface area contributed by atoms with Gasteiger partial charge < -0.3 is 5.73 Å². The Balaban J connectivity index is 4.41. The molecule has 0 aliphatic rings. The highest BCUT2D eigenvalue weighted by atomic mass is 15.2. The van der Waals surface area contributed by atoms with Crippen LogP contribution in [-0.4, -0.2) is 29.6 Å². The average molecular weight is 228 g/mol. The van der Waals surface area contributed by atoms with Crippen LogP contribution >= 0.6 is 0 Å². The fourth-order valence-corrected chi connectivity index (χ4v) is 2.59. The average Bonchev–Trinajstić information content (AvgIpc) is 2.30. The molecule has 0 aromatic carbocycles. The van der Waals surface area contributed by atoms with E-state index in [4.69, 9.17) is 5.73 Å². The number of nitrogens with two attached hydrogens (primary N) is 1. The Morgan fingerprint density at radius 2 is 1.62 bits per heavy atom. The topological polar surface area (TPSA) is 29.3 Å². The molecule has 0 aliphatic carbocycles. The van der Waals surface area contributed by atoms with Gasteiger partial charge in [0.15, 0.2) is 0 Å². The molecule has 0 aliphatic heterocycles. The molecular formula is C14H32N2. The van der Waals surface area contributed by atoms with Crippen molar-refractivity contribution in [3.63, 3.8) is 0 Å². The van der Waals surface area contributed by atoms with Gasteiger partial charge in [0.05, 0.1) is 0 Å². The van der Waals surface area contributed by atoms with Crippen LogP contribution in [0, 0.1) is 0 Å². The highest BCUT2D eigenvalue weighted by Gasteiger charge is 2.33. The van der Waals surface area contributed by atoms with E-state index >= 15 is 0 Å². The summed E-state index contributed by atoms with van der Waals surface area (Å²) >= 11 is 0. The van der Waals surface area contributed by atoms with Crippen molar-refractivity contribution in [2.45, 2.75) is 78.3 Å². The van der Waals surface area contributed by atoms with E-state index in [2.05, 4.69) is 39.5 Å². The van der Waals surface area contributed by atoms with E-state index in [-0.39, 0.29) is 5.54 Å². The van der Waals surface area contributed by atoms with Crippen molar-refractivity contribution >= 4 is 0 Å². The summed E-state index contributed by atoms with van der Waals surface area (Å²) in [5.41, 5.74) is 6.59. The minimum atomic E-state index is 0.178. The summed E-state index contributed by atoms with van der Waals surface area (Å²) in [6.07, 6.45) is 6.16. The maximum absolute atomic E-state index is 6.41. The van der Waals surface area contributed by atoms with E-state index in [1.165, 1.54) is 19.3 Å². The first-order chi connectivity index (χ1) is 7.56. The summed E-state index contributed by atoms with van der Waals surface area (Å²) in [6.45, 7) is 13.5. The van der Waals surface area contributed by atoms with Gasteiger partial charge in [-0.15, -0.1) is 0 Å². The quantitative estimate of drug-likeness (QED) is 0.613. The number of hydrogen-bond donors (Lipinski definition) is 1. The third kappa shape index (κ3) is 4.06. The SMILES string of the molecule is CCCCCC(N)C(C)(CC)N(CC)CC. The van der Waals surface area contributed by atoms with Crippen molar-refractivity contribution in [1.82, 2.24) is 4.90 Å². The number of unbranched alkanes of at least 4 members (excludes halogenated alkanes) is 2. The maximum Gasteiger partial charge on any atom is 0.0329 e. The molecule has 2 atom stereocenters. The van der Waals surface area contributed by atoms with Gasteiger partial charge in [0.1, 0.15) is 0 Å². The van der Waals surface area contributed by atoms with Gasteiger partial charge in [-0.3, -0.25) is 4.90 Å². The van der Waals surface area contributed by atoms with Crippen LogP contribution < -0.4 is 5.73 Å². The summed E-state index contributed by atoms with van der Waals surface area (Å²) in [6, 6.07) is 0.309. The third-order valence-electron chi connectivity index (χ3n) is 4.12. The highest BCUT2D eigenvalue weighted by molar-refractivity contribution is 4.93. The molecule has 0 aromatic heterocycles. The molecule has 0 saturated heterocycles. The fourth-order valence-electron chi connectivity index (χ4n) is 2.59. The molecule has 0 spiro atoms. The summed E-state index contributed by atoms with van der Waals surface area (Å²) in [4.78, 5) is 2.52. The summed E-state index contributed by atoms with van der Waals surface area (Å²) < 4.78 is 0.